The van der Waals surface area contributed by atoms with E-state index in [1.165, 1.54) is 6.07 Å². The molecule has 0 bridgehead atoms. The minimum atomic E-state index is -0.192. The number of aromatic nitrogens is 1. The molecule has 2 nitrogen and oxygen atoms in total. The van der Waals surface area contributed by atoms with Crippen LogP contribution >= 0.6 is 0 Å². The number of rotatable bonds is 4. The lowest BCUT2D eigenvalue weighted by atomic mass is 9.98. The van der Waals surface area contributed by atoms with Gasteiger partial charge >= 0.3 is 0 Å². The van der Waals surface area contributed by atoms with Gasteiger partial charge in [0, 0.05) is 17.6 Å². The fourth-order valence-electron chi connectivity index (χ4n) is 2.59. The number of nitrogens with zero attached hydrogens (tertiary/aromatic N) is 1. The number of benzene rings is 2. The van der Waals surface area contributed by atoms with E-state index in [9.17, 15) is 4.39 Å². The van der Waals surface area contributed by atoms with Crippen LogP contribution in [0.25, 0.3) is 10.9 Å². The summed E-state index contributed by atoms with van der Waals surface area (Å²) in [4.78, 5) is 4.39. The molecule has 0 radical (unpaired) electrons. The molecule has 0 aliphatic rings. The molecule has 0 saturated heterocycles. The van der Waals surface area contributed by atoms with E-state index >= 15 is 0 Å². The molecule has 106 valence electrons. The van der Waals surface area contributed by atoms with E-state index in [4.69, 9.17) is 0 Å². The summed E-state index contributed by atoms with van der Waals surface area (Å²) >= 11 is 0. The Labute approximate surface area is 123 Å². The molecule has 1 heterocycles. The van der Waals surface area contributed by atoms with Crippen LogP contribution in [0.3, 0.4) is 0 Å². The van der Waals surface area contributed by atoms with Gasteiger partial charge in [-0.1, -0.05) is 30.3 Å². The Balaban J connectivity index is 1.90. The van der Waals surface area contributed by atoms with Gasteiger partial charge in [-0.25, -0.2) is 4.39 Å². The highest BCUT2D eigenvalue weighted by atomic mass is 19.1. The smallest absolute Gasteiger partial charge is 0.123 e. The van der Waals surface area contributed by atoms with Gasteiger partial charge in [-0.2, -0.15) is 0 Å². The minimum Gasteiger partial charge on any atom is -0.313 e. The first-order valence-electron chi connectivity index (χ1n) is 7.02. The van der Waals surface area contributed by atoms with Crippen molar-refractivity contribution >= 4 is 10.9 Å². The summed E-state index contributed by atoms with van der Waals surface area (Å²) in [6, 6.07) is 17.1. The van der Waals surface area contributed by atoms with Crippen molar-refractivity contribution in [2.24, 2.45) is 0 Å². The second-order valence-corrected chi connectivity index (χ2v) is 5.13. The Morgan fingerprint density at radius 3 is 2.81 bits per heavy atom. The number of likely N-dealkylation sites (N-methyl/N-ethyl adjacent to an activating group) is 1. The van der Waals surface area contributed by atoms with Gasteiger partial charge in [0.05, 0.1) is 5.52 Å². The summed E-state index contributed by atoms with van der Waals surface area (Å²) in [5, 5.41) is 4.43. The van der Waals surface area contributed by atoms with Gasteiger partial charge in [0.1, 0.15) is 5.82 Å². The summed E-state index contributed by atoms with van der Waals surface area (Å²) in [5.74, 6) is -0.192. The summed E-state index contributed by atoms with van der Waals surface area (Å²) < 4.78 is 13.3. The number of hydrogen-bond acceptors (Lipinski definition) is 2. The molecular formula is C18H17FN2. The zero-order valence-electron chi connectivity index (χ0n) is 11.9. The molecule has 1 N–H and O–H groups in total. The van der Waals surface area contributed by atoms with Crippen LogP contribution in [0, 0.1) is 5.82 Å². The van der Waals surface area contributed by atoms with Gasteiger partial charge in [-0.05, 0) is 48.9 Å². The van der Waals surface area contributed by atoms with E-state index in [2.05, 4.69) is 28.5 Å². The Kier molecular flexibility index (Phi) is 3.93. The Morgan fingerprint density at radius 1 is 1.10 bits per heavy atom. The highest BCUT2D eigenvalue weighted by molar-refractivity contribution is 5.79. The van der Waals surface area contributed by atoms with Crippen LogP contribution in [0.15, 0.2) is 60.8 Å². The lowest BCUT2D eigenvalue weighted by molar-refractivity contribution is 0.584. The van der Waals surface area contributed by atoms with Crippen molar-refractivity contribution in [3.05, 3.63) is 77.7 Å². The average molecular weight is 280 g/mol. The van der Waals surface area contributed by atoms with E-state index in [0.29, 0.717) is 0 Å². The minimum absolute atomic E-state index is 0.137. The second-order valence-electron chi connectivity index (χ2n) is 5.13. The molecule has 0 aliphatic heterocycles. The lowest BCUT2D eigenvalue weighted by Gasteiger charge is -2.17. The molecule has 2 aromatic carbocycles. The summed E-state index contributed by atoms with van der Waals surface area (Å²) in [6.45, 7) is 0. The van der Waals surface area contributed by atoms with Crippen molar-refractivity contribution < 1.29 is 4.39 Å². The fraction of sp³-hybridized carbons (Fsp3) is 0.167. The molecule has 3 aromatic rings. The molecule has 0 spiro atoms. The van der Waals surface area contributed by atoms with Crippen molar-refractivity contribution in [2.45, 2.75) is 12.5 Å². The number of fused-ring (bicyclic) bond motifs is 1. The van der Waals surface area contributed by atoms with Crippen molar-refractivity contribution in [3.8, 4) is 0 Å². The zero-order chi connectivity index (χ0) is 14.7. The maximum atomic E-state index is 13.3. The van der Waals surface area contributed by atoms with E-state index < -0.39 is 0 Å². The zero-order valence-corrected chi connectivity index (χ0v) is 11.9. The Bertz CT molecular complexity index is 755. The predicted molar refractivity (Wildman–Crippen MR) is 83.6 cm³/mol. The van der Waals surface area contributed by atoms with Gasteiger partial charge in [0.15, 0.2) is 0 Å². The molecule has 1 aromatic heterocycles. The van der Waals surface area contributed by atoms with Crippen molar-refractivity contribution in [2.75, 3.05) is 7.05 Å². The second kappa shape index (κ2) is 6.02. The molecule has 0 amide bonds. The third-order valence-corrected chi connectivity index (χ3v) is 3.71. The van der Waals surface area contributed by atoms with Crippen LogP contribution in [0.5, 0.6) is 0 Å². The first-order chi connectivity index (χ1) is 10.3. The lowest BCUT2D eigenvalue weighted by Crippen LogP contribution is -2.18. The number of hydrogen-bond donors (Lipinski definition) is 1. The van der Waals surface area contributed by atoms with Crippen molar-refractivity contribution in [1.82, 2.24) is 10.3 Å². The summed E-state index contributed by atoms with van der Waals surface area (Å²) in [5.41, 5.74) is 3.12. The van der Waals surface area contributed by atoms with E-state index in [1.807, 2.05) is 25.2 Å². The van der Waals surface area contributed by atoms with Crippen molar-refractivity contribution in [3.63, 3.8) is 0 Å². The number of nitrogens with one attached hydrogen (secondary N) is 1. The molecule has 21 heavy (non-hydrogen) atoms. The van der Waals surface area contributed by atoms with E-state index in [-0.39, 0.29) is 11.9 Å². The monoisotopic (exact) mass is 280 g/mol. The third kappa shape index (κ3) is 3.09. The molecule has 0 aliphatic carbocycles. The predicted octanol–water partition coefficient (Wildman–Crippen LogP) is 3.88. The summed E-state index contributed by atoms with van der Waals surface area (Å²) in [6.07, 6.45) is 2.54. The fourth-order valence-corrected chi connectivity index (χ4v) is 2.59. The molecule has 1 unspecified atom stereocenters. The van der Waals surface area contributed by atoms with Gasteiger partial charge in [0.25, 0.3) is 0 Å². The number of pyridine rings is 1. The van der Waals surface area contributed by atoms with Gasteiger partial charge in [0.2, 0.25) is 0 Å². The van der Waals surface area contributed by atoms with E-state index in [0.717, 1.165) is 28.5 Å². The van der Waals surface area contributed by atoms with Gasteiger partial charge in [-0.3, -0.25) is 4.98 Å². The van der Waals surface area contributed by atoms with Crippen LogP contribution in [0.1, 0.15) is 17.2 Å². The first kappa shape index (κ1) is 13.7. The quantitative estimate of drug-likeness (QED) is 0.784. The van der Waals surface area contributed by atoms with Crippen molar-refractivity contribution in [1.29, 1.82) is 0 Å². The van der Waals surface area contributed by atoms with Crippen LogP contribution in [0.4, 0.5) is 4.39 Å². The Morgan fingerprint density at radius 2 is 2.00 bits per heavy atom. The standard InChI is InChI=1S/C18H17FN2/c1-20-17(11-13-4-2-6-16(19)10-13)15-8-7-14-5-3-9-21-18(14)12-15/h2-10,12,17,20H,11H2,1H3. The topological polar surface area (TPSA) is 24.9 Å². The average Bonchev–Trinajstić information content (AvgIpc) is 2.52. The van der Waals surface area contributed by atoms with Crippen LogP contribution < -0.4 is 5.32 Å². The SMILES string of the molecule is CNC(Cc1cccc(F)c1)c1ccc2cccnc2c1. The van der Waals surface area contributed by atoms with Crippen LogP contribution in [0.2, 0.25) is 0 Å². The Hall–Kier alpha value is -2.26. The first-order valence-corrected chi connectivity index (χ1v) is 7.02. The molecular weight excluding hydrogens is 263 g/mol. The highest BCUT2D eigenvalue weighted by Gasteiger charge is 2.11. The molecule has 3 heteroatoms. The largest absolute Gasteiger partial charge is 0.313 e. The van der Waals surface area contributed by atoms with E-state index in [1.54, 1.807) is 18.3 Å². The molecule has 0 fully saturated rings. The number of halogens is 1. The van der Waals surface area contributed by atoms with Gasteiger partial charge in [-0.15, -0.1) is 0 Å². The molecule has 0 saturated carbocycles. The molecule has 1 atom stereocenters. The third-order valence-electron chi connectivity index (χ3n) is 3.71. The normalized spacial score (nSPS) is 12.5. The van der Waals surface area contributed by atoms with Crippen LogP contribution in [-0.2, 0) is 6.42 Å². The highest BCUT2D eigenvalue weighted by Crippen LogP contribution is 2.22. The van der Waals surface area contributed by atoms with Crippen LogP contribution in [-0.4, -0.2) is 12.0 Å². The summed E-state index contributed by atoms with van der Waals surface area (Å²) in [7, 11) is 1.92. The maximum absolute atomic E-state index is 13.3. The molecule has 3 rings (SSSR count). The van der Waals surface area contributed by atoms with Gasteiger partial charge < -0.3 is 5.32 Å². The maximum Gasteiger partial charge on any atom is 0.123 e.